The molecule has 2 aliphatic rings. The second-order valence-corrected chi connectivity index (χ2v) is 7.53. The molecule has 5 heteroatoms. The van der Waals surface area contributed by atoms with E-state index in [9.17, 15) is 0 Å². The average Bonchev–Trinajstić information content (AvgIpc) is 3.32. The van der Waals surface area contributed by atoms with E-state index in [1.165, 1.54) is 38.5 Å². The SMILES string of the molecule is c1ccc(-c2cc(N3CCC4(CCCC4)CC3)n3ncnc3n2)cc1. The van der Waals surface area contributed by atoms with Crippen molar-refractivity contribution >= 4 is 11.6 Å². The first kappa shape index (κ1) is 14.9. The zero-order chi connectivity index (χ0) is 16.7. The van der Waals surface area contributed by atoms with E-state index in [-0.39, 0.29) is 0 Å². The van der Waals surface area contributed by atoms with Crippen LogP contribution in [0.3, 0.4) is 0 Å². The molecule has 1 spiro atoms. The van der Waals surface area contributed by atoms with Crippen molar-refractivity contribution in [1.29, 1.82) is 0 Å². The molecule has 1 aliphatic carbocycles. The molecule has 1 saturated carbocycles. The summed E-state index contributed by atoms with van der Waals surface area (Å²) in [5, 5.41) is 4.42. The van der Waals surface area contributed by atoms with Gasteiger partial charge in [0.15, 0.2) is 0 Å². The van der Waals surface area contributed by atoms with Gasteiger partial charge in [0.1, 0.15) is 12.1 Å². The lowest BCUT2D eigenvalue weighted by Gasteiger charge is -2.40. The van der Waals surface area contributed by atoms with Crippen LogP contribution in [0.15, 0.2) is 42.7 Å². The second kappa shape index (κ2) is 5.83. The maximum Gasteiger partial charge on any atom is 0.254 e. The Labute approximate surface area is 147 Å². The lowest BCUT2D eigenvalue weighted by Crippen LogP contribution is -2.39. The molecule has 5 nitrogen and oxygen atoms in total. The van der Waals surface area contributed by atoms with Crippen LogP contribution >= 0.6 is 0 Å². The highest BCUT2D eigenvalue weighted by molar-refractivity contribution is 5.65. The summed E-state index contributed by atoms with van der Waals surface area (Å²) in [5.74, 6) is 1.80. The minimum Gasteiger partial charge on any atom is -0.356 e. The van der Waals surface area contributed by atoms with Crippen molar-refractivity contribution in [3.8, 4) is 11.3 Å². The van der Waals surface area contributed by atoms with Crippen molar-refractivity contribution < 1.29 is 0 Å². The summed E-state index contributed by atoms with van der Waals surface area (Å²) >= 11 is 0. The van der Waals surface area contributed by atoms with Gasteiger partial charge in [0, 0.05) is 24.7 Å². The molecule has 3 aromatic rings. The van der Waals surface area contributed by atoms with Crippen LogP contribution in [-0.4, -0.2) is 32.7 Å². The fourth-order valence-electron chi connectivity index (χ4n) is 4.61. The number of nitrogens with zero attached hydrogens (tertiary/aromatic N) is 5. The Morgan fingerprint density at radius 3 is 2.44 bits per heavy atom. The number of fused-ring (bicyclic) bond motifs is 1. The van der Waals surface area contributed by atoms with Crippen molar-refractivity contribution in [3.05, 3.63) is 42.7 Å². The average molecular weight is 333 g/mol. The smallest absolute Gasteiger partial charge is 0.254 e. The molecular formula is C20H23N5. The minimum absolute atomic E-state index is 0.618. The summed E-state index contributed by atoms with van der Waals surface area (Å²) in [4.78, 5) is 11.5. The zero-order valence-electron chi connectivity index (χ0n) is 14.4. The summed E-state index contributed by atoms with van der Waals surface area (Å²) in [7, 11) is 0. The molecule has 2 fully saturated rings. The highest BCUT2D eigenvalue weighted by Crippen LogP contribution is 2.46. The van der Waals surface area contributed by atoms with E-state index in [0.29, 0.717) is 11.2 Å². The van der Waals surface area contributed by atoms with Gasteiger partial charge in [0.2, 0.25) is 0 Å². The number of aromatic nitrogens is 4. The molecule has 0 unspecified atom stereocenters. The molecule has 3 heterocycles. The summed E-state index contributed by atoms with van der Waals surface area (Å²) in [6.07, 6.45) is 9.87. The molecule has 0 radical (unpaired) electrons. The van der Waals surface area contributed by atoms with Crippen molar-refractivity contribution in [2.75, 3.05) is 18.0 Å². The minimum atomic E-state index is 0.618. The van der Waals surface area contributed by atoms with Gasteiger partial charge in [-0.25, -0.2) is 4.98 Å². The van der Waals surface area contributed by atoms with Crippen LogP contribution in [0.5, 0.6) is 0 Å². The zero-order valence-corrected chi connectivity index (χ0v) is 14.4. The Morgan fingerprint density at radius 2 is 1.68 bits per heavy atom. The largest absolute Gasteiger partial charge is 0.356 e. The number of rotatable bonds is 2. The first-order valence-electron chi connectivity index (χ1n) is 9.34. The Morgan fingerprint density at radius 1 is 0.920 bits per heavy atom. The molecule has 128 valence electrons. The van der Waals surface area contributed by atoms with E-state index in [1.807, 2.05) is 10.6 Å². The molecule has 2 aromatic heterocycles. The quantitative estimate of drug-likeness (QED) is 0.712. The van der Waals surface area contributed by atoms with Gasteiger partial charge in [-0.15, -0.1) is 0 Å². The molecule has 5 rings (SSSR count). The molecule has 0 amide bonds. The lowest BCUT2D eigenvalue weighted by atomic mass is 9.77. The van der Waals surface area contributed by atoms with Crippen molar-refractivity contribution in [2.45, 2.75) is 38.5 Å². The molecule has 1 aliphatic heterocycles. The van der Waals surface area contributed by atoms with E-state index >= 15 is 0 Å². The molecule has 1 aromatic carbocycles. The van der Waals surface area contributed by atoms with Gasteiger partial charge in [-0.2, -0.15) is 14.6 Å². The standard InChI is InChI=1S/C20H23N5/c1-2-6-16(7-3-1)17-14-18(25-19(23-17)21-15-22-25)24-12-10-20(11-13-24)8-4-5-9-20/h1-3,6-7,14-15H,4-5,8-13H2. The number of benzene rings is 1. The van der Waals surface area contributed by atoms with Gasteiger partial charge in [0.25, 0.3) is 5.78 Å². The molecule has 1 saturated heterocycles. The van der Waals surface area contributed by atoms with Crippen molar-refractivity contribution in [2.24, 2.45) is 5.41 Å². The fraction of sp³-hybridized carbons (Fsp3) is 0.450. The molecule has 0 N–H and O–H groups in total. The van der Waals surface area contributed by atoms with Gasteiger partial charge in [-0.05, 0) is 31.1 Å². The van der Waals surface area contributed by atoms with Crippen LogP contribution in [0.4, 0.5) is 5.82 Å². The predicted molar refractivity (Wildman–Crippen MR) is 98.6 cm³/mol. The van der Waals surface area contributed by atoms with Gasteiger partial charge in [-0.3, -0.25) is 0 Å². The third-order valence-corrected chi connectivity index (χ3v) is 6.11. The van der Waals surface area contributed by atoms with E-state index in [4.69, 9.17) is 4.98 Å². The highest BCUT2D eigenvalue weighted by atomic mass is 15.4. The third kappa shape index (κ3) is 2.58. The topological polar surface area (TPSA) is 46.3 Å². The van der Waals surface area contributed by atoms with E-state index in [1.54, 1.807) is 6.33 Å². The monoisotopic (exact) mass is 333 g/mol. The van der Waals surface area contributed by atoms with Gasteiger partial charge in [-0.1, -0.05) is 43.2 Å². The summed E-state index contributed by atoms with van der Waals surface area (Å²) in [6, 6.07) is 12.5. The van der Waals surface area contributed by atoms with Gasteiger partial charge >= 0.3 is 0 Å². The van der Waals surface area contributed by atoms with Crippen molar-refractivity contribution in [1.82, 2.24) is 19.6 Å². The Balaban J connectivity index is 1.51. The summed E-state index contributed by atoms with van der Waals surface area (Å²) in [6.45, 7) is 2.21. The maximum atomic E-state index is 4.69. The third-order valence-electron chi connectivity index (χ3n) is 6.11. The van der Waals surface area contributed by atoms with E-state index < -0.39 is 0 Å². The van der Waals surface area contributed by atoms with Gasteiger partial charge in [0.05, 0.1) is 5.69 Å². The van der Waals surface area contributed by atoms with Crippen LogP contribution in [0.2, 0.25) is 0 Å². The number of hydrogen-bond acceptors (Lipinski definition) is 4. The first-order valence-corrected chi connectivity index (χ1v) is 9.34. The Kier molecular flexibility index (Phi) is 3.47. The second-order valence-electron chi connectivity index (χ2n) is 7.53. The Hall–Kier alpha value is -2.43. The maximum absolute atomic E-state index is 4.69. The van der Waals surface area contributed by atoms with Crippen LogP contribution in [0.25, 0.3) is 17.0 Å². The number of anilines is 1. The van der Waals surface area contributed by atoms with Gasteiger partial charge < -0.3 is 4.90 Å². The number of hydrogen-bond donors (Lipinski definition) is 0. The van der Waals surface area contributed by atoms with Crippen LogP contribution in [0, 0.1) is 5.41 Å². The normalized spacial score (nSPS) is 19.8. The van der Waals surface area contributed by atoms with Crippen LogP contribution in [0.1, 0.15) is 38.5 Å². The molecule has 0 bridgehead atoms. The highest BCUT2D eigenvalue weighted by Gasteiger charge is 2.37. The molecule has 0 atom stereocenters. The molecular weight excluding hydrogens is 310 g/mol. The Bertz CT molecular complexity index is 869. The lowest BCUT2D eigenvalue weighted by molar-refractivity contribution is 0.226. The van der Waals surface area contributed by atoms with E-state index in [0.717, 1.165) is 30.2 Å². The van der Waals surface area contributed by atoms with Crippen molar-refractivity contribution in [3.63, 3.8) is 0 Å². The van der Waals surface area contributed by atoms with Crippen LogP contribution < -0.4 is 4.90 Å². The molecule has 25 heavy (non-hydrogen) atoms. The number of piperidine rings is 1. The fourth-order valence-corrected chi connectivity index (χ4v) is 4.61. The van der Waals surface area contributed by atoms with Crippen LogP contribution in [-0.2, 0) is 0 Å². The summed E-state index contributed by atoms with van der Waals surface area (Å²) < 4.78 is 1.89. The van der Waals surface area contributed by atoms with E-state index in [2.05, 4.69) is 45.3 Å². The summed E-state index contributed by atoms with van der Waals surface area (Å²) in [5.41, 5.74) is 2.71. The first-order chi connectivity index (χ1) is 12.3. The predicted octanol–water partition coefficient (Wildman–Crippen LogP) is 3.95.